The SMILES string of the molecule is CC(C)(CCl)CCC(F)(F)F. The summed E-state index contributed by atoms with van der Waals surface area (Å²) in [5, 5.41) is 0. The maximum absolute atomic E-state index is 11.7. The van der Waals surface area contributed by atoms with Crippen molar-refractivity contribution >= 4 is 11.6 Å². The van der Waals surface area contributed by atoms with E-state index in [9.17, 15) is 13.2 Å². The van der Waals surface area contributed by atoms with Crippen LogP contribution in [0.5, 0.6) is 0 Å². The van der Waals surface area contributed by atoms with Gasteiger partial charge in [0.2, 0.25) is 0 Å². The van der Waals surface area contributed by atoms with Gasteiger partial charge < -0.3 is 0 Å². The minimum atomic E-state index is -4.05. The van der Waals surface area contributed by atoms with Gasteiger partial charge in [-0.15, -0.1) is 11.6 Å². The molecule has 0 saturated carbocycles. The lowest BCUT2D eigenvalue weighted by Gasteiger charge is -2.21. The Bertz CT molecular complexity index is 117. The molecule has 0 heterocycles. The molecule has 0 nitrogen and oxygen atoms in total. The third-order valence-corrected chi connectivity index (χ3v) is 2.17. The maximum Gasteiger partial charge on any atom is 0.389 e. The summed E-state index contributed by atoms with van der Waals surface area (Å²) in [6.07, 6.45) is -4.70. The average Bonchev–Trinajstić information content (AvgIpc) is 1.83. The van der Waals surface area contributed by atoms with E-state index >= 15 is 0 Å². The molecule has 0 fully saturated rings. The Labute approximate surface area is 69.7 Å². The fourth-order valence-corrected chi connectivity index (χ4v) is 0.681. The highest BCUT2D eigenvalue weighted by Gasteiger charge is 2.30. The molecule has 0 aliphatic heterocycles. The van der Waals surface area contributed by atoms with E-state index in [1.807, 2.05) is 0 Å². The van der Waals surface area contributed by atoms with Crippen molar-refractivity contribution in [2.24, 2.45) is 5.41 Å². The highest BCUT2D eigenvalue weighted by Crippen LogP contribution is 2.30. The van der Waals surface area contributed by atoms with Gasteiger partial charge in [-0.2, -0.15) is 13.2 Å². The van der Waals surface area contributed by atoms with Crippen LogP contribution in [0.1, 0.15) is 26.7 Å². The van der Waals surface area contributed by atoms with Crippen molar-refractivity contribution in [1.82, 2.24) is 0 Å². The van der Waals surface area contributed by atoms with Crippen LogP contribution in [0.4, 0.5) is 13.2 Å². The van der Waals surface area contributed by atoms with Crippen molar-refractivity contribution in [2.75, 3.05) is 5.88 Å². The molecule has 0 aromatic heterocycles. The van der Waals surface area contributed by atoms with Gasteiger partial charge in [0.15, 0.2) is 0 Å². The molecule has 0 rings (SSSR count). The van der Waals surface area contributed by atoms with Crippen LogP contribution < -0.4 is 0 Å². The lowest BCUT2D eigenvalue weighted by Crippen LogP contribution is -2.18. The summed E-state index contributed by atoms with van der Waals surface area (Å²) in [5.74, 6) is 0.267. The molecule has 0 spiro atoms. The van der Waals surface area contributed by atoms with E-state index in [1.54, 1.807) is 13.8 Å². The predicted octanol–water partition coefficient (Wildman–Crippen LogP) is 3.59. The molecule has 0 saturated heterocycles. The summed E-state index contributed by atoms with van der Waals surface area (Å²) in [7, 11) is 0. The zero-order valence-electron chi connectivity index (χ0n) is 6.63. The predicted molar refractivity (Wildman–Crippen MR) is 39.8 cm³/mol. The Hall–Kier alpha value is 0.0800. The van der Waals surface area contributed by atoms with Crippen molar-refractivity contribution in [3.05, 3.63) is 0 Å². The van der Waals surface area contributed by atoms with Gasteiger partial charge in [-0.05, 0) is 11.8 Å². The van der Waals surface area contributed by atoms with Crippen LogP contribution in [0.3, 0.4) is 0 Å². The van der Waals surface area contributed by atoms with E-state index in [0.29, 0.717) is 0 Å². The summed E-state index contributed by atoms with van der Waals surface area (Å²) in [5.41, 5.74) is -0.406. The molecule has 0 unspecified atom stereocenters. The van der Waals surface area contributed by atoms with Crippen molar-refractivity contribution in [3.8, 4) is 0 Å². The summed E-state index contributed by atoms with van der Waals surface area (Å²) in [4.78, 5) is 0. The largest absolute Gasteiger partial charge is 0.389 e. The molecule has 0 aliphatic rings. The molecule has 0 radical (unpaired) electrons. The fraction of sp³-hybridized carbons (Fsp3) is 1.00. The first-order chi connectivity index (χ1) is 4.77. The van der Waals surface area contributed by atoms with Gasteiger partial charge in [0.25, 0.3) is 0 Å². The number of hydrogen-bond acceptors (Lipinski definition) is 0. The first kappa shape index (κ1) is 11.1. The Balaban J connectivity index is 3.70. The quantitative estimate of drug-likeness (QED) is 0.594. The third-order valence-electron chi connectivity index (χ3n) is 1.45. The first-order valence-electron chi connectivity index (χ1n) is 3.39. The normalized spacial score (nSPS) is 13.6. The monoisotopic (exact) mass is 188 g/mol. The molecular weight excluding hydrogens is 177 g/mol. The van der Waals surface area contributed by atoms with Gasteiger partial charge in [-0.1, -0.05) is 13.8 Å². The van der Waals surface area contributed by atoms with Crippen molar-refractivity contribution < 1.29 is 13.2 Å². The lowest BCUT2D eigenvalue weighted by molar-refractivity contribution is -0.139. The summed E-state index contributed by atoms with van der Waals surface area (Å²) in [6.45, 7) is 3.46. The van der Waals surface area contributed by atoms with Crippen LogP contribution in [0.2, 0.25) is 0 Å². The number of hydrogen-bond donors (Lipinski definition) is 0. The molecule has 0 aliphatic carbocycles. The Morgan fingerprint density at radius 1 is 1.09 bits per heavy atom. The number of halogens is 4. The van der Waals surface area contributed by atoms with Crippen molar-refractivity contribution in [1.29, 1.82) is 0 Å². The van der Waals surface area contributed by atoms with E-state index in [4.69, 9.17) is 11.6 Å². The fourth-order valence-electron chi connectivity index (χ4n) is 0.547. The second-order valence-corrected chi connectivity index (χ2v) is 3.68. The Morgan fingerprint density at radius 3 is 1.82 bits per heavy atom. The molecule has 0 aromatic rings. The second kappa shape index (κ2) is 3.65. The number of rotatable bonds is 3. The second-order valence-electron chi connectivity index (χ2n) is 3.41. The molecule has 0 N–H and O–H groups in total. The van der Waals surface area contributed by atoms with Gasteiger partial charge in [0, 0.05) is 12.3 Å². The summed E-state index contributed by atoms with van der Waals surface area (Å²) in [6, 6.07) is 0. The van der Waals surface area contributed by atoms with E-state index in [2.05, 4.69) is 0 Å². The Morgan fingerprint density at radius 2 is 1.55 bits per heavy atom. The van der Waals surface area contributed by atoms with Gasteiger partial charge >= 0.3 is 6.18 Å². The molecule has 0 atom stereocenters. The maximum atomic E-state index is 11.7. The molecule has 0 bridgehead atoms. The van der Waals surface area contributed by atoms with Crippen LogP contribution in [0.25, 0.3) is 0 Å². The van der Waals surface area contributed by atoms with Crippen molar-refractivity contribution in [3.63, 3.8) is 0 Å². The molecule has 4 heteroatoms. The molecule has 0 aromatic carbocycles. The van der Waals surface area contributed by atoms with E-state index < -0.39 is 18.0 Å². The van der Waals surface area contributed by atoms with Crippen molar-refractivity contribution in [2.45, 2.75) is 32.9 Å². The van der Waals surface area contributed by atoms with Crippen LogP contribution >= 0.6 is 11.6 Å². The lowest BCUT2D eigenvalue weighted by atomic mass is 9.90. The Kier molecular flexibility index (Phi) is 3.68. The van der Waals surface area contributed by atoms with Crippen LogP contribution in [0, 0.1) is 5.41 Å². The van der Waals surface area contributed by atoms with Gasteiger partial charge in [-0.25, -0.2) is 0 Å². The zero-order valence-corrected chi connectivity index (χ0v) is 7.39. The van der Waals surface area contributed by atoms with E-state index in [1.165, 1.54) is 0 Å². The summed E-state index contributed by atoms with van der Waals surface area (Å²) >= 11 is 5.45. The van der Waals surface area contributed by atoms with Crippen LogP contribution in [-0.4, -0.2) is 12.1 Å². The third kappa shape index (κ3) is 6.48. The number of alkyl halides is 4. The average molecular weight is 189 g/mol. The highest BCUT2D eigenvalue weighted by atomic mass is 35.5. The van der Waals surface area contributed by atoms with E-state index in [-0.39, 0.29) is 12.3 Å². The first-order valence-corrected chi connectivity index (χ1v) is 3.93. The minimum absolute atomic E-state index is 0.0972. The van der Waals surface area contributed by atoms with Crippen LogP contribution in [-0.2, 0) is 0 Å². The van der Waals surface area contributed by atoms with Gasteiger partial charge in [-0.3, -0.25) is 0 Å². The molecule has 0 amide bonds. The van der Waals surface area contributed by atoms with Gasteiger partial charge in [0.1, 0.15) is 0 Å². The smallest absolute Gasteiger partial charge is 0.171 e. The molecule has 68 valence electrons. The standard InChI is InChI=1S/C7H12ClF3/c1-6(2,5-8)3-4-7(9,10)11/h3-5H2,1-2H3. The van der Waals surface area contributed by atoms with Gasteiger partial charge in [0.05, 0.1) is 0 Å². The zero-order chi connectivity index (χ0) is 9.12. The minimum Gasteiger partial charge on any atom is -0.171 e. The molecular formula is C7H12ClF3. The topological polar surface area (TPSA) is 0 Å². The summed E-state index contributed by atoms with van der Waals surface area (Å²) < 4.78 is 35.0. The van der Waals surface area contributed by atoms with E-state index in [0.717, 1.165) is 0 Å². The highest BCUT2D eigenvalue weighted by molar-refractivity contribution is 6.18. The molecule has 11 heavy (non-hydrogen) atoms. The van der Waals surface area contributed by atoms with Crippen LogP contribution in [0.15, 0.2) is 0 Å².